The number of halogens is 2. The van der Waals surface area contributed by atoms with E-state index in [1.165, 1.54) is 17.8 Å². The van der Waals surface area contributed by atoms with Crippen molar-refractivity contribution < 1.29 is 18.3 Å². The highest BCUT2D eigenvalue weighted by Gasteiger charge is 2.26. The predicted molar refractivity (Wildman–Crippen MR) is 115 cm³/mol. The van der Waals surface area contributed by atoms with Crippen LogP contribution in [0.4, 0.5) is 14.7 Å². The molecule has 1 fully saturated rings. The maximum atomic E-state index is 13.6. The van der Waals surface area contributed by atoms with Crippen LogP contribution in [0.1, 0.15) is 22.8 Å². The summed E-state index contributed by atoms with van der Waals surface area (Å²) in [5, 5.41) is 8.75. The molecular weight excluding hydrogens is 422 g/mol. The first-order valence-corrected chi connectivity index (χ1v) is 10.8. The van der Waals surface area contributed by atoms with Gasteiger partial charge >= 0.3 is 0 Å². The molecule has 4 rings (SSSR count). The molecule has 1 saturated heterocycles. The first-order valence-electron chi connectivity index (χ1n) is 9.95. The van der Waals surface area contributed by atoms with Crippen LogP contribution in [0.2, 0.25) is 0 Å². The van der Waals surface area contributed by atoms with Crippen LogP contribution < -0.4 is 4.90 Å². The number of hydrogen-bond acceptors (Lipinski definition) is 6. The van der Waals surface area contributed by atoms with E-state index in [2.05, 4.69) is 15.1 Å². The predicted octanol–water partition coefficient (Wildman–Crippen LogP) is 4.05. The summed E-state index contributed by atoms with van der Waals surface area (Å²) in [6.07, 6.45) is 0. The van der Waals surface area contributed by atoms with Crippen LogP contribution in [0.15, 0.2) is 47.6 Å². The average Bonchev–Trinajstić information content (AvgIpc) is 3.19. The average molecular weight is 445 g/mol. The van der Waals surface area contributed by atoms with Gasteiger partial charge in [0, 0.05) is 18.7 Å². The molecule has 9 heteroatoms. The Bertz CT molecular complexity index is 1100. The third-order valence-electron chi connectivity index (χ3n) is 5.12. The number of aryl methyl sites for hydroxylation is 1. The number of ether oxygens (including phenoxy) is 1. The van der Waals surface area contributed by atoms with Gasteiger partial charge < -0.3 is 9.64 Å². The Morgan fingerprint density at radius 3 is 2.55 bits per heavy atom. The van der Waals surface area contributed by atoms with Crippen molar-refractivity contribution in [2.45, 2.75) is 24.3 Å². The lowest BCUT2D eigenvalue weighted by Gasteiger charge is -2.28. The number of rotatable bonds is 6. The van der Waals surface area contributed by atoms with Crippen LogP contribution in [-0.4, -0.2) is 52.1 Å². The number of carbonyl (C=O) groups excluding carboxylic acids is 1. The minimum absolute atomic E-state index is 0.120. The smallest absolute Gasteiger partial charge is 0.232 e. The first kappa shape index (κ1) is 21.5. The molecule has 3 aromatic rings. The maximum absolute atomic E-state index is 13.6. The van der Waals surface area contributed by atoms with Gasteiger partial charge in [0.05, 0.1) is 24.2 Å². The molecule has 0 radical (unpaired) electrons. The van der Waals surface area contributed by atoms with Crippen LogP contribution >= 0.6 is 11.8 Å². The Morgan fingerprint density at radius 2 is 1.84 bits per heavy atom. The summed E-state index contributed by atoms with van der Waals surface area (Å²) in [5.74, 6) is -1.64. The molecule has 0 spiro atoms. The number of thioether (sulfide) groups is 1. The second-order valence-electron chi connectivity index (χ2n) is 7.26. The summed E-state index contributed by atoms with van der Waals surface area (Å²) in [6, 6.07) is 11.1. The van der Waals surface area contributed by atoms with Crippen LogP contribution in [0, 0.1) is 18.6 Å². The topological polar surface area (TPSA) is 60.2 Å². The van der Waals surface area contributed by atoms with Gasteiger partial charge in [-0.1, -0.05) is 30.0 Å². The fraction of sp³-hybridized carbons (Fsp3) is 0.318. The number of aromatic nitrogens is 3. The molecule has 0 bridgehead atoms. The van der Waals surface area contributed by atoms with Gasteiger partial charge in [0.25, 0.3) is 0 Å². The molecule has 1 aliphatic rings. The van der Waals surface area contributed by atoms with E-state index >= 15 is 0 Å². The van der Waals surface area contributed by atoms with Crippen LogP contribution in [-0.2, 0) is 4.74 Å². The van der Waals surface area contributed by atoms with E-state index in [-0.39, 0.29) is 11.3 Å². The van der Waals surface area contributed by atoms with Crippen LogP contribution in [0.5, 0.6) is 0 Å². The number of ketones is 1. The number of carbonyl (C=O) groups is 1. The molecule has 2 heterocycles. The van der Waals surface area contributed by atoms with Gasteiger partial charge in [-0.3, -0.25) is 9.36 Å². The van der Waals surface area contributed by atoms with Crippen molar-refractivity contribution in [2.24, 2.45) is 0 Å². The molecular formula is C22H22F2N4O2S. The summed E-state index contributed by atoms with van der Waals surface area (Å²) in [7, 11) is 0. The quantitative estimate of drug-likeness (QED) is 0.422. The number of morpholine rings is 1. The van der Waals surface area contributed by atoms with Gasteiger partial charge in [0.15, 0.2) is 22.6 Å². The molecule has 0 N–H and O–H groups in total. The lowest BCUT2D eigenvalue weighted by molar-refractivity contribution is 0.0993. The van der Waals surface area contributed by atoms with Crippen molar-refractivity contribution in [3.05, 3.63) is 65.2 Å². The van der Waals surface area contributed by atoms with Crippen LogP contribution in [0.3, 0.4) is 0 Å². The molecule has 1 aliphatic heterocycles. The largest absolute Gasteiger partial charge is 0.378 e. The summed E-state index contributed by atoms with van der Waals surface area (Å²) in [6.45, 7) is 6.32. The maximum Gasteiger partial charge on any atom is 0.232 e. The number of Topliss-reactive ketones (excluding diaryl/α,β-unsaturated/α-hetero) is 1. The van der Waals surface area contributed by atoms with E-state index in [0.29, 0.717) is 37.4 Å². The van der Waals surface area contributed by atoms with E-state index in [1.807, 2.05) is 35.8 Å². The third-order valence-corrected chi connectivity index (χ3v) is 6.16. The van der Waals surface area contributed by atoms with E-state index in [4.69, 9.17) is 4.74 Å². The highest BCUT2D eigenvalue weighted by atomic mass is 32.2. The zero-order valence-corrected chi connectivity index (χ0v) is 18.0. The van der Waals surface area contributed by atoms with Crippen molar-refractivity contribution >= 4 is 23.5 Å². The van der Waals surface area contributed by atoms with Gasteiger partial charge in [-0.25, -0.2) is 8.78 Å². The first-order chi connectivity index (χ1) is 15.0. The van der Waals surface area contributed by atoms with Gasteiger partial charge in [0.2, 0.25) is 5.95 Å². The standard InChI is InChI=1S/C22H22F2N4O2S/c1-14-5-3-4-6-19(14)28-21(27-9-11-30-12-10-27)25-26-22(28)31-15(2)20(29)16-7-8-17(23)18(24)13-16/h3-8,13,15H,9-12H2,1-2H3. The zero-order valence-electron chi connectivity index (χ0n) is 17.2. The minimum Gasteiger partial charge on any atom is -0.378 e. The molecule has 1 aromatic heterocycles. The molecule has 6 nitrogen and oxygen atoms in total. The summed E-state index contributed by atoms with van der Waals surface area (Å²) in [4.78, 5) is 14.9. The molecule has 0 amide bonds. The van der Waals surface area contributed by atoms with E-state index in [9.17, 15) is 13.6 Å². The Morgan fingerprint density at radius 1 is 1.10 bits per heavy atom. The van der Waals surface area contributed by atoms with Crippen molar-refractivity contribution in [1.29, 1.82) is 0 Å². The number of anilines is 1. The number of hydrogen-bond donors (Lipinski definition) is 0. The molecule has 1 atom stereocenters. The number of benzene rings is 2. The zero-order chi connectivity index (χ0) is 22.0. The SMILES string of the molecule is Cc1ccccc1-n1c(SC(C)C(=O)c2ccc(F)c(F)c2)nnc1N1CCOCC1. The highest BCUT2D eigenvalue weighted by molar-refractivity contribution is 8.00. The van der Waals surface area contributed by atoms with E-state index < -0.39 is 16.9 Å². The minimum atomic E-state index is -1.04. The lowest BCUT2D eigenvalue weighted by atomic mass is 10.1. The number of nitrogens with zero attached hydrogens (tertiary/aromatic N) is 4. The Kier molecular flexibility index (Phi) is 6.33. The summed E-state index contributed by atoms with van der Waals surface area (Å²) >= 11 is 1.24. The fourth-order valence-corrected chi connectivity index (χ4v) is 4.36. The van der Waals surface area contributed by atoms with Crippen molar-refractivity contribution in [2.75, 3.05) is 31.2 Å². The summed E-state index contributed by atoms with van der Waals surface area (Å²) < 4.78 is 34.2. The van der Waals surface area contributed by atoms with Gasteiger partial charge in [0.1, 0.15) is 0 Å². The molecule has 1 unspecified atom stereocenters. The normalized spacial score (nSPS) is 15.2. The second kappa shape index (κ2) is 9.15. The Balaban J connectivity index is 1.67. The molecule has 2 aromatic carbocycles. The Labute approximate surface area is 183 Å². The van der Waals surface area contributed by atoms with Gasteiger partial charge in [-0.15, -0.1) is 10.2 Å². The van der Waals surface area contributed by atoms with E-state index in [0.717, 1.165) is 23.4 Å². The molecule has 0 saturated carbocycles. The second-order valence-corrected chi connectivity index (χ2v) is 8.57. The summed E-state index contributed by atoms with van der Waals surface area (Å²) in [5.41, 5.74) is 2.08. The Hall–Kier alpha value is -2.78. The lowest BCUT2D eigenvalue weighted by Crippen LogP contribution is -2.38. The van der Waals surface area contributed by atoms with Crippen molar-refractivity contribution in [1.82, 2.24) is 14.8 Å². The fourth-order valence-electron chi connectivity index (χ4n) is 3.43. The van der Waals surface area contributed by atoms with Crippen molar-refractivity contribution in [3.63, 3.8) is 0 Å². The van der Waals surface area contributed by atoms with E-state index in [1.54, 1.807) is 6.92 Å². The highest BCUT2D eigenvalue weighted by Crippen LogP contribution is 2.32. The molecule has 162 valence electrons. The van der Waals surface area contributed by atoms with Gasteiger partial charge in [-0.05, 0) is 43.7 Å². The molecule has 0 aliphatic carbocycles. The number of para-hydroxylation sites is 1. The monoisotopic (exact) mass is 444 g/mol. The van der Waals surface area contributed by atoms with Crippen molar-refractivity contribution in [3.8, 4) is 5.69 Å². The third kappa shape index (κ3) is 4.47. The molecule has 31 heavy (non-hydrogen) atoms. The van der Waals surface area contributed by atoms with Crippen LogP contribution in [0.25, 0.3) is 5.69 Å². The van der Waals surface area contributed by atoms with Gasteiger partial charge in [-0.2, -0.15) is 0 Å².